The van der Waals surface area contributed by atoms with E-state index in [1.807, 2.05) is 0 Å². The number of hydrogen-bond donors (Lipinski definition) is 4. The Morgan fingerprint density at radius 2 is 1.06 bits per heavy atom. The van der Waals surface area contributed by atoms with Gasteiger partial charge in [-0.15, -0.1) is 0 Å². The molecule has 0 fully saturated rings. The Kier molecular flexibility index (Phi) is 13.6. The average molecular weight is 490 g/mol. The quantitative estimate of drug-likeness (QED) is 0.181. The lowest BCUT2D eigenvalue weighted by Crippen LogP contribution is -2.56. The summed E-state index contributed by atoms with van der Waals surface area (Å²) >= 11 is 0. The number of carbonyl (C=O) groups excluding carboxylic acids is 3. The number of ether oxygens (including phenoxy) is 3. The zero-order chi connectivity index (χ0) is 26.6. The molecule has 0 bridgehead atoms. The van der Waals surface area contributed by atoms with Crippen molar-refractivity contribution in [3.05, 3.63) is 0 Å². The van der Waals surface area contributed by atoms with E-state index in [4.69, 9.17) is 19.9 Å². The lowest BCUT2D eigenvalue weighted by molar-refractivity contribution is -0.160. The number of hydrogen-bond acceptors (Lipinski definition) is 10. The van der Waals surface area contributed by atoms with Gasteiger partial charge in [0.1, 0.15) is 16.8 Å². The topological polar surface area (TPSA) is 144 Å². The molecule has 0 aliphatic carbocycles. The van der Waals surface area contributed by atoms with Crippen molar-refractivity contribution >= 4 is 18.2 Å². The van der Waals surface area contributed by atoms with Crippen LogP contribution in [-0.2, 0) is 19.0 Å². The van der Waals surface area contributed by atoms with E-state index in [2.05, 4.69) is 16.0 Å². The Bertz CT molecular complexity index is 609. The van der Waals surface area contributed by atoms with Crippen LogP contribution in [0.2, 0.25) is 0 Å². The molecule has 0 radical (unpaired) electrons. The van der Waals surface area contributed by atoms with E-state index in [0.29, 0.717) is 24.5 Å². The van der Waals surface area contributed by atoms with Crippen LogP contribution in [0.3, 0.4) is 0 Å². The van der Waals surface area contributed by atoms with Crippen LogP contribution >= 0.6 is 0 Å². The number of nitrogens with zero attached hydrogens (tertiary/aromatic N) is 1. The van der Waals surface area contributed by atoms with Gasteiger partial charge in [0.05, 0.1) is 0 Å². The van der Waals surface area contributed by atoms with Gasteiger partial charge in [-0.2, -0.15) is 4.90 Å². The van der Waals surface area contributed by atoms with Crippen molar-refractivity contribution < 1.29 is 28.6 Å². The molecule has 0 spiro atoms. The van der Waals surface area contributed by atoms with Crippen LogP contribution in [0.4, 0.5) is 9.59 Å². The molecule has 0 aromatic rings. The second kappa shape index (κ2) is 14.4. The predicted molar refractivity (Wildman–Crippen MR) is 132 cm³/mol. The molecular formula is C23H47N5O6. The second-order valence-corrected chi connectivity index (χ2v) is 10.9. The smallest absolute Gasteiger partial charge is 0.420 e. The maximum atomic E-state index is 13.1. The van der Waals surface area contributed by atoms with Gasteiger partial charge in [-0.1, -0.05) is 0 Å². The monoisotopic (exact) mass is 489 g/mol. The van der Waals surface area contributed by atoms with E-state index in [9.17, 15) is 14.4 Å². The summed E-state index contributed by atoms with van der Waals surface area (Å²) in [6.07, 6.45) is -1.97. The van der Waals surface area contributed by atoms with Gasteiger partial charge in [0.25, 0.3) is 0 Å². The van der Waals surface area contributed by atoms with Crippen LogP contribution in [-0.4, -0.2) is 91.7 Å². The van der Waals surface area contributed by atoms with Crippen molar-refractivity contribution in [3.8, 4) is 0 Å². The van der Waals surface area contributed by atoms with Gasteiger partial charge in [-0.3, -0.25) is 0 Å². The lowest BCUT2D eigenvalue weighted by Gasteiger charge is -2.33. The molecule has 11 nitrogen and oxygen atoms in total. The van der Waals surface area contributed by atoms with Crippen LogP contribution in [0.25, 0.3) is 0 Å². The highest BCUT2D eigenvalue weighted by Gasteiger charge is 2.42. The van der Waals surface area contributed by atoms with Crippen molar-refractivity contribution in [2.24, 2.45) is 5.73 Å². The van der Waals surface area contributed by atoms with E-state index in [0.717, 1.165) is 19.6 Å². The number of nitrogens with two attached hydrogens (primary N) is 1. The normalized spacial score (nSPS) is 13.2. The largest absolute Gasteiger partial charge is 0.458 e. The minimum absolute atomic E-state index is 0.0273. The highest BCUT2D eigenvalue weighted by Crippen LogP contribution is 2.19. The number of imide groups is 1. The van der Waals surface area contributed by atoms with Crippen LogP contribution in [0, 0.1) is 0 Å². The molecule has 5 N–H and O–H groups in total. The molecule has 0 saturated carbocycles. The SMILES string of the molecule is CC(C)(C)OC(=O)C(CNCCNCCNCCN)N(C(=O)OC(C)(C)C)C(=O)OC(C)(C)C. The predicted octanol–water partition coefficient (Wildman–Crippen LogP) is 1.60. The highest BCUT2D eigenvalue weighted by molar-refractivity contribution is 5.94. The zero-order valence-electron chi connectivity index (χ0n) is 22.5. The minimum atomic E-state index is -1.28. The third-order valence-corrected chi connectivity index (χ3v) is 3.79. The molecule has 0 aliphatic rings. The maximum absolute atomic E-state index is 13.1. The molecular weight excluding hydrogens is 442 g/mol. The Morgan fingerprint density at radius 1 is 0.676 bits per heavy atom. The van der Waals surface area contributed by atoms with Gasteiger partial charge in [0.2, 0.25) is 0 Å². The molecule has 34 heavy (non-hydrogen) atoms. The van der Waals surface area contributed by atoms with Crippen molar-refractivity contribution in [1.82, 2.24) is 20.9 Å². The van der Waals surface area contributed by atoms with Gasteiger partial charge in [0, 0.05) is 45.8 Å². The molecule has 2 amide bonds. The van der Waals surface area contributed by atoms with Gasteiger partial charge < -0.3 is 35.9 Å². The Balaban J connectivity index is 5.49. The summed E-state index contributed by atoms with van der Waals surface area (Å²) in [5, 5.41) is 9.53. The summed E-state index contributed by atoms with van der Waals surface area (Å²) in [5.74, 6) is -0.740. The lowest BCUT2D eigenvalue weighted by atomic mass is 10.1. The summed E-state index contributed by atoms with van der Waals surface area (Å²) in [5.41, 5.74) is 2.85. The van der Waals surface area contributed by atoms with E-state index in [1.54, 1.807) is 62.3 Å². The number of esters is 1. The number of amides is 2. The Morgan fingerprint density at radius 3 is 1.44 bits per heavy atom. The number of carbonyl (C=O) groups is 3. The molecule has 1 atom stereocenters. The standard InChI is InChI=1S/C23H47N5O6/c1-21(2,3)32-18(29)17(16-27-15-14-26-13-12-25-11-10-24)28(19(30)33-22(4,5)6)20(31)34-23(7,8)9/h17,25-27H,10-16,24H2,1-9H3. The Labute approximate surface area is 204 Å². The van der Waals surface area contributed by atoms with Crippen LogP contribution in [0.15, 0.2) is 0 Å². The molecule has 0 heterocycles. The summed E-state index contributed by atoms with van der Waals surface area (Å²) in [6.45, 7) is 19.1. The fraction of sp³-hybridized carbons (Fsp3) is 0.870. The molecule has 0 rings (SSSR count). The molecule has 0 saturated heterocycles. The molecule has 0 aromatic heterocycles. The van der Waals surface area contributed by atoms with Crippen molar-refractivity contribution in [2.45, 2.75) is 85.2 Å². The van der Waals surface area contributed by atoms with Crippen LogP contribution < -0.4 is 21.7 Å². The summed E-state index contributed by atoms with van der Waals surface area (Å²) in [7, 11) is 0. The van der Waals surface area contributed by atoms with E-state index in [1.165, 1.54) is 0 Å². The first-order chi connectivity index (χ1) is 15.5. The minimum Gasteiger partial charge on any atom is -0.458 e. The summed E-state index contributed by atoms with van der Waals surface area (Å²) in [4.78, 5) is 39.7. The van der Waals surface area contributed by atoms with E-state index < -0.39 is 41.0 Å². The fourth-order valence-corrected chi connectivity index (χ4v) is 2.55. The molecule has 200 valence electrons. The van der Waals surface area contributed by atoms with Gasteiger partial charge in [-0.05, 0) is 62.3 Å². The van der Waals surface area contributed by atoms with E-state index in [-0.39, 0.29) is 6.54 Å². The highest BCUT2D eigenvalue weighted by atomic mass is 16.6. The second-order valence-electron chi connectivity index (χ2n) is 10.9. The van der Waals surface area contributed by atoms with Crippen molar-refractivity contribution in [3.63, 3.8) is 0 Å². The van der Waals surface area contributed by atoms with Gasteiger partial charge >= 0.3 is 18.2 Å². The maximum Gasteiger partial charge on any atom is 0.420 e. The third-order valence-electron chi connectivity index (χ3n) is 3.79. The first-order valence-corrected chi connectivity index (χ1v) is 11.8. The van der Waals surface area contributed by atoms with Crippen molar-refractivity contribution in [2.75, 3.05) is 45.8 Å². The number of rotatable bonds is 12. The first kappa shape index (κ1) is 32.0. The Hall–Kier alpha value is -1.95. The fourth-order valence-electron chi connectivity index (χ4n) is 2.55. The molecule has 0 aromatic carbocycles. The van der Waals surface area contributed by atoms with Crippen LogP contribution in [0.1, 0.15) is 62.3 Å². The summed E-state index contributed by atoms with van der Waals surface area (Å²) in [6, 6.07) is -1.28. The summed E-state index contributed by atoms with van der Waals surface area (Å²) < 4.78 is 16.3. The van der Waals surface area contributed by atoms with Crippen LogP contribution in [0.5, 0.6) is 0 Å². The first-order valence-electron chi connectivity index (χ1n) is 11.8. The van der Waals surface area contributed by atoms with E-state index >= 15 is 0 Å². The molecule has 11 heteroatoms. The van der Waals surface area contributed by atoms with Crippen molar-refractivity contribution in [1.29, 1.82) is 0 Å². The third kappa shape index (κ3) is 15.8. The number of nitrogens with one attached hydrogen (secondary N) is 3. The van der Waals surface area contributed by atoms with Gasteiger partial charge in [0.15, 0.2) is 6.04 Å². The zero-order valence-corrected chi connectivity index (χ0v) is 22.5. The molecule has 1 unspecified atom stereocenters. The molecule has 0 aliphatic heterocycles. The average Bonchev–Trinajstić information content (AvgIpc) is 2.61. The van der Waals surface area contributed by atoms with Gasteiger partial charge in [-0.25, -0.2) is 14.4 Å².